The van der Waals surface area contributed by atoms with Crippen molar-refractivity contribution in [3.8, 4) is 0 Å². The number of carbonyl (C=O) groups excluding carboxylic acids is 2. The third kappa shape index (κ3) is 5.78. The number of nitrogens with zero attached hydrogens (tertiary/aromatic N) is 5. The summed E-state index contributed by atoms with van der Waals surface area (Å²) >= 11 is 0. The van der Waals surface area contributed by atoms with E-state index in [1.54, 1.807) is 49.6 Å². The average molecular weight is 440 g/mol. The number of carboxylic acids is 1. The molecule has 1 aromatic carbocycles. The summed E-state index contributed by atoms with van der Waals surface area (Å²) in [5, 5.41) is 11.9. The molecule has 0 saturated heterocycles. The Morgan fingerprint density at radius 1 is 1.12 bits per heavy atom. The Balaban J connectivity index is 1.76. The molecule has 0 atom stereocenters. The summed E-state index contributed by atoms with van der Waals surface area (Å²) in [6.07, 6.45) is 2.06. The quantitative estimate of drug-likeness (QED) is 0.571. The largest absolute Gasteiger partial charge is 0.480 e. The fourth-order valence-electron chi connectivity index (χ4n) is 2.86. The van der Waals surface area contributed by atoms with Crippen LogP contribution in [0, 0.1) is 0 Å². The minimum atomic E-state index is -1.15. The highest BCUT2D eigenvalue weighted by Crippen LogP contribution is 2.18. The van der Waals surface area contributed by atoms with Crippen molar-refractivity contribution < 1.29 is 24.2 Å². The number of ether oxygens (including phenoxy) is 1. The summed E-state index contributed by atoms with van der Waals surface area (Å²) in [4.78, 5) is 49.7. The van der Waals surface area contributed by atoms with E-state index in [1.165, 1.54) is 12.7 Å². The van der Waals surface area contributed by atoms with E-state index in [9.17, 15) is 14.4 Å². The van der Waals surface area contributed by atoms with Crippen LogP contribution in [0.3, 0.4) is 0 Å². The van der Waals surface area contributed by atoms with Crippen molar-refractivity contribution >= 4 is 35.0 Å². The van der Waals surface area contributed by atoms with Crippen molar-refractivity contribution in [3.05, 3.63) is 48.5 Å². The van der Waals surface area contributed by atoms with Gasteiger partial charge in [0.15, 0.2) is 17.0 Å². The number of carboxylic acid groups (broad SMARTS) is 1. The second kappa shape index (κ2) is 9.41. The molecular weight excluding hydrogens is 416 g/mol. The van der Waals surface area contributed by atoms with Crippen LogP contribution in [0.1, 0.15) is 31.1 Å². The maximum absolute atomic E-state index is 12.5. The van der Waals surface area contributed by atoms with E-state index in [2.05, 4.69) is 20.3 Å². The second-order valence-corrected chi connectivity index (χ2v) is 7.95. The summed E-state index contributed by atoms with van der Waals surface area (Å²) in [7, 11) is 0. The second-order valence-electron chi connectivity index (χ2n) is 7.95. The van der Waals surface area contributed by atoms with Crippen molar-refractivity contribution in [2.24, 2.45) is 0 Å². The number of amides is 2. The molecule has 0 fully saturated rings. The highest BCUT2D eigenvalue weighted by molar-refractivity contribution is 6.06. The van der Waals surface area contributed by atoms with Crippen LogP contribution in [0.25, 0.3) is 11.2 Å². The number of anilines is 1. The van der Waals surface area contributed by atoms with Crippen molar-refractivity contribution in [1.82, 2.24) is 24.4 Å². The van der Waals surface area contributed by atoms with Gasteiger partial charge < -0.3 is 19.7 Å². The number of fused-ring (bicyclic) bond motifs is 1. The first-order valence-corrected chi connectivity index (χ1v) is 9.86. The van der Waals surface area contributed by atoms with Crippen LogP contribution in [-0.2, 0) is 16.1 Å². The minimum absolute atomic E-state index is 0.0579. The topological polar surface area (TPSA) is 140 Å². The summed E-state index contributed by atoms with van der Waals surface area (Å²) in [5.41, 5.74) is 0.524. The lowest BCUT2D eigenvalue weighted by Gasteiger charge is -2.26. The number of aliphatic carboxylic acids is 1. The first-order chi connectivity index (χ1) is 15.1. The molecule has 2 amide bonds. The number of carbonyl (C=O) groups is 3. The predicted octanol–water partition coefficient (Wildman–Crippen LogP) is 2.40. The Morgan fingerprint density at radius 2 is 1.84 bits per heavy atom. The first kappa shape index (κ1) is 22.7. The smallest absolute Gasteiger partial charge is 0.410 e. The van der Waals surface area contributed by atoms with Gasteiger partial charge in [-0.1, -0.05) is 18.2 Å². The van der Waals surface area contributed by atoms with Crippen LogP contribution < -0.4 is 5.32 Å². The molecule has 2 N–H and O–H groups in total. The van der Waals surface area contributed by atoms with E-state index in [0.29, 0.717) is 16.7 Å². The Hall–Kier alpha value is -4.02. The summed E-state index contributed by atoms with van der Waals surface area (Å²) in [6, 6.07) is 8.69. The molecule has 11 nitrogen and oxygen atoms in total. The monoisotopic (exact) mass is 440 g/mol. The molecule has 0 aliphatic carbocycles. The number of rotatable bonds is 7. The van der Waals surface area contributed by atoms with Gasteiger partial charge in [-0.3, -0.25) is 14.5 Å². The zero-order valence-electron chi connectivity index (χ0n) is 18.0. The Bertz CT molecular complexity index is 1120. The van der Waals surface area contributed by atoms with Gasteiger partial charge >= 0.3 is 12.1 Å². The fraction of sp³-hybridized carbons (Fsp3) is 0.333. The third-order valence-corrected chi connectivity index (χ3v) is 4.26. The van der Waals surface area contributed by atoms with Gasteiger partial charge in [0.25, 0.3) is 5.91 Å². The van der Waals surface area contributed by atoms with Crippen LogP contribution in [0.4, 0.5) is 10.6 Å². The molecule has 2 aromatic heterocycles. The zero-order chi connectivity index (χ0) is 23.3. The maximum Gasteiger partial charge on any atom is 0.410 e. The van der Waals surface area contributed by atoms with E-state index in [1.807, 2.05) is 6.07 Å². The van der Waals surface area contributed by atoms with Crippen LogP contribution in [0.15, 0.2) is 43.0 Å². The molecular formula is C21H24N6O5. The Labute approximate surface area is 184 Å². The molecule has 3 aromatic rings. The summed E-state index contributed by atoms with van der Waals surface area (Å²) < 4.78 is 6.94. The van der Waals surface area contributed by atoms with Crippen molar-refractivity contribution in [2.75, 3.05) is 18.4 Å². The Kier molecular flexibility index (Phi) is 6.67. The maximum atomic E-state index is 12.5. The van der Waals surface area contributed by atoms with Gasteiger partial charge in [-0.2, -0.15) is 0 Å². The molecule has 11 heteroatoms. The van der Waals surface area contributed by atoms with E-state index in [-0.39, 0.29) is 24.8 Å². The zero-order valence-corrected chi connectivity index (χ0v) is 18.0. The molecule has 0 unspecified atom stereocenters. The summed E-state index contributed by atoms with van der Waals surface area (Å²) in [5.74, 6) is -1.24. The molecule has 0 radical (unpaired) electrons. The normalized spacial score (nSPS) is 11.2. The van der Waals surface area contributed by atoms with E-state index < -0.39 is 24.2 Å². The van der Waals surface area contributed by atoms with Gasteiger partial charge in [0.2, 0.25) is 0 Å². The number of benzene rings is 1. The van der Waals surface area contributed by atoms with Gasteiger partial charge in [0, 0.05) is 18.7 Å². The van der Waals surface area contributed by atoms with Crippen molar-refractivity contribution in [1.29, 1.82) is 0 Å². The number of imidazole rings is 1. The van der Waals surface area contributed by atoms with Crippen molar-refractivity contribution in [3.63, 3.8) is 0 Å². The van der Waals surface area contributed by atoms with Gasteiger partial charge in [-0.15, -0.1) is 0 Å². The highest BCUT2D eigenvalue weighted by Gasteiger charge is 2.24. The van der Waals surface area contributed by atoms with E-state index in [4.69, 9.17) is 9.84 Å². The molecule has 3 rings (SSSR count). The van der Waals surface area contributed by atoms with Crippen LogP contribution in [0.5, 0.6) is 0 Å². The first-order valence-electron chi connectivity index (χ1n) is 9.86. The lowest BCUT2D eigenvalue weighted by Crippen LogP contribution is -2.41. The molecule has 168 valence electrons. The van der Waals surface area contributed by atoms with Gasteiger partial charge in [0.1, 0.15) is 18.5 Å². The lowest BCUT2D eigenvalue weighted by molar-refractivity contribution is -0.138. The molecule has 0 spiro atoms. The number of hydrogen-bond donors (Lipinski definition) is 2. The molecule has 0 aliphatic rings. The van der Waals surface area contributed by atoms with Gasteiger partial charge in [-0.05, 0) is 32.9 Å². The van der Waals surface area contributed by atoms with E-state index >= 15 is 0 Å². The average Bonchev–Trinajstić information content (AvgIpc) is 3.14. The van der Waals surface area contributed by atoms with Gasteiger partial charge in [0.05, 0.1) is 6.33 Å². The number of nitrogens with one attached hydrogen (secondary N) is 1. The fourth-order valence-corrected chi connectivity index (χ4v) is 2.86. The predicted molar refractivity (Wildman–Crippen MR) is 115 cm³/mol. The van der Waals surface area contributed by atoms with Crippen LogP contribution in [0.2, 0.25) is 0 Å². The molecule has 0 bridgehead atoms. The lowest BCUT2D eigenvalue weighted by atomic mass is 10.2. The van der Waals surface area contributed by atoms with Gasteiger partial charge in [-0.25, -0.2) is 19.7 Å². The third-order valence-electron chi connectivity index (χ3n) is 4.26. The SMILES string of the molecule is CC(C)(C)OC(=O)N(CCn1cnc2c(NC(=O)c3ccccc3)ncnc21)CC(=O)O. The summed E-state index contributed by atoms with van der Waals surface area (Å²) in [6.45, 7) is 4.88. The number of hydrogen-bond acceptors (Lipinski definition) is 7. The number of aromatic nitrogens is 4. The molecule has 0 saturated carbocycles. The van der Waals surface area contributed by atoms with Crippen LogP contribution in [-0.4, -0.2) is 66.2 Å². The molecule has 2 heterocycles. The molecule has 32 heavy (non-hydrogen) atoms. The van der Waals surface area contributed by atoms with Crippen molar-refractivity contribution in [2.45, 2.75) is 32.9 Å². The van der Waals surface area contributed by atoms with E-state index in [0.717, 1.165) is 4.90 Å². The minimum Gasteiger partial charge on any atom is -0.480 e. The van der Waals surface area contributed by atoms with Crippen LogP contribution >= 0.6 is 0 Å². The highest BCUT2D eigenvalue weighted by atomic mass is 16.6. The Morgan fingerprint density at radius 3 is 2.50 bits per heavy atom. The standard InChI is InChI=1S/C21H24N6O5/c1-21(2,3)32-20(31)26(11-15(28)29)9-10-27-13-24-16-17(22-12-23-18(16)27)25-19(30)14-7-5-4-6-8-14/h4-8,12-13H,9-11H2,1-3H3,(H,28,29)(H,22,23,25,30). The molecule has 0 aliphatic heterocycles.